The monoisotopic (exact) mass is 572 g/mol. The molecule has 0 bridgehead atoms. The third-order valence-corrected chi connectivity index (χ3v) is 8.78. The van der Waals surface area contributed by atoms with E-state index in [0.717, 1.165) is 48.5 Å². The minimum absolute atomic E-state index is 0.0911. The molecule has 0 amide bonds. The molecule has 0 saturated carbocycles. The molecule has 0 unspecified atom stereocenters. The van der Waals surface area contributed by atoms with E-state index in [-0.39, 0.29) is 18.0 Å². The maximum absolute atomic E-state index is 13.9. The number of H-pyrrole nitrogens is 1. The van der Waals surface area contributed by atoms with Gasteiger partial charge < -0.3 is 14.5 Å². The molecule has 1 N–H and O–H groups in total. The lowest BCUT2D eigenvalue weighted by Crippen LogP contribution is -2.39. The van der Waals surface area contributed by atoms with Crippen LogP contribution < -0.4 is 0 Å². The van der Waals surface area contributed by atoms with Gasteiger partial charge in [0.25, 0.3) is 0 Å². The molecular formula is C28H33BrN2O4S. The van der Waals surface area contributed by atoms with Crippen LogP contribution in [-0.4, -0.2) is 43.8 Å². The number of hydrogen-bond acceptors (Lipinski definition) is 4. The first-order valence-corrected chi connectivity index (χ1v) is 14.4. The van der Waals surface area contributed by atoms with Crippen molar-refractivity contribution in [3.05, 3.63) is 75.3 Å². The van der Waals surface area contributed by atoms with Gasteiger partial charge in [0.1, 0.15) is 0 Å². The number of aromatic amines is 1. The highest BCUT2D eigenvalue weighted by atomic mass is 79.9. The lowest BCUT2D eigenvalue weighted by Gasteiger charge is -2.28. The molecule has 0 saturated heterocycles. The highest BCUT2D eigenvalue weighted by Gasteiger charge is 2.29. The zero-order valence-corrected chi connectivity index (χ0v) is 23.8. The SMILES string of the molecule is CCOC(CN(Cc1cc(C)c2[nH]c3ccc(Br)cc3c2c1C)S(=O)(=O)c1ccc(C)cc1)OCC. The smallest absolute Gasteiger partial charge is 0.243 e. The molecular weight excluding hydrogens is 540 g/mol. The number of ether oxygens (including phenoxy) is 2. The van der Waals surface area contributed by atoms with Gasteiger partial charge in [-0.25, -0.2) is 8.42 Å². The molecule has 4 aromatic rings. The van der Waals surface area contributed by atoms with Crippen molar-refractivity contribution in [1.82, 2.24) is 9.29 Å². The number of aryl methyl sites for hydroxylation is 3. The van der Waals surface area contributed by atoms with E-state index in [1.54, 1.807) is 12.1 Å². The van der Waals surface area contributed by atoms with E-state index in [1.165, 1.54) is 4.31 Å². The van der Waals surface area contributed by atoms with Gasteiger partial charge in [0.05, 0.1) is 11.4 Å². The van der Waals surface area contributed by atoms with Crippen LogP contribution in [0.5, 0.6) is 0 Å². The van der Waals surface area contributed by atoms with Crippen molar-refractivity contribution in [3.63, 3.8) is 0 Å². The number of rotatable bonds is 10. The lowest BCUT2D eigenvalue weighted by atomic mass is 9.98. The van der Waals surface area contributed by atoms with Gasteiger partial charge in [0.15, 0.2) is 6.29 Å². The quantitative estimate of drug-likeness (QED) is 0.217. The number of hydrogen-bond donors (Lipinski definition) is 1. The Morgan fingerprint density at radius 1 is 0.972 bits per heavy atom. The molecule has 1 heterocycles. The Balaban J connectivity index is 1.83. The van der Waals surface area contributed by atoms with Crippen LogP contribution in [0.2, 0.25) is 0 Å². The fourth-order valence-corrected chi connectivity index (χ4v) is 6.37. The van der Waals surface area contributed by atoms with Crippen molar-refractivity contribution in [3.8, 4) is 0 Å². The summed E-state index contributed by atoms with van der Waals surface area (Å²) in [4.78, 5) is 3.79. The van der Waals surface area contributed by atoms with Gasteiger partial charge in [0, 0.05) is 46.0 Å². The van der Waals surface area contributed by atoms with Gasteiger partial charge in [-0.2, -0.15) is 4.31 Å². The second-order valence-corrected chi connectivity index (χ2v) is 11.8. The van der Waals surface area contributed by atoms with Crippen LogP contribution in [0.4, 0.5) is 0 Å². The summed E-state index contributed by atoms with van der Waals surface area (Å²) in [6.07, 6.45) is -0.658. The second-order valence-electron chi connectivity index (χ2n) is 8.99. The van der Waals surface area contributed by atoms with Crippen molar-refractivity contribution < 1.29 is 17.9 Å². The normalized spacial score (nSPS) is 12.4. The third-order valence-electron chi connectivity index (χ3n) is 6.47. The Bertz CT molecular complexity index is 1470. The summed E-state index contributed by atoms with van der Waals surface area (Å²) in [6, 6.07) is 15.2. The third kappa shape index (κ3) is 5.38. The topological polar surface area (TPSA) is 71.6 Å². The molecule has 0 aliphatic carbocycles. The molecule has 3 aromatic carbocycles. The summed E-state index contributed by atoms with van der Waals surface area (Å²) in [5, 5.41) is 2.22. The molecule has 0 fully saturated rings. The van der Waals surface area contributed by atoms with Crippen LogP contribution in [0.15, 0.2) is 57.9 Å². The Hall–Kier alpha value is -2.23. The number of fused-ring (bicyclic) bond motifs is 3. The molecule has 36 heavy (non-hydrogen) atoms. The van der Waals surface area contributed by atoms with Gasteiger partial charge in [-0.05, 0) is 81.6 Å². The minimum Gasteiger partial charge on any atom is -0.354 e. The Morgan fingerprint density at radius 3 is 2.28 bits per heavy atom. The van der Waals surface area contributed by atoms with E-state index < -0.39 is 16.3 Å². The molecule has 0 spiro atoms. The maximum atomic E-state index is 13.9. The van der Waals surface area contributed by atoms with E-state index in [2.05, 4.69) is 53.0 Å². The molecule has 8 heteroatoms. The van der Waals surface area contributed by atoms with Gasteiger partial charge in [0.2, 0.25) is 10.0 Å². The van der Waals surface area contributed by atoms with Crippen molar-refractivity contribution in [1.29, 1.82) is 0 Å². The first kappa shape index (κ1) is 26.8. The number of nitrogens with zero attached hydrogens (tertiary/aromatic N) is 1. The van der Waals surface area contributed by atoms with Crippen LogP contribution in [0.25, 0.3) is 21.8 Å². The van der Waals surface area contributed by atoms with E-state index in [9.17, 15) is 8.42 Å². The van der Waals surface area contributed by atoms with E-state index in [1.807, 2.05) is 39.0 Å². The zero-order chi connectivity index (χ0) is 26.0. The first-order valence-electron chi connectivity index (χ1n) is 12.2. The summed E-state index contributed by atoms with van der Waals surface area (Å²) in [7, 11) is -3.81. The number of benzene rings is 3. The molecule has 0 aliphatic heterocycles. The van der Waals surface area contributed by atoms with Crippen LogP contribution in [0.3, 0.4) is 0 Å². The van der Waals surface area contributed by atoms with E-state index in [4.69, 9.17) is 9.47 Å². The molecule has 0 radical (unpaired) electrons. The van der Waals surface area contributed by atoms with Crippen LogP contribution >= 0.6 is 15.9 Å². The molecule has 192 valence electrons. The standard InChI is InChI=1S/C28H33BrN2O4S/c1-6-34-26(35-7-2)17-31(36(32,33)23-11-8-18(3)9-12-23)16-21-14-19(4)28-27(20(21)5)24-15-22(29)10-13-25(24)30-28/h8-15,26,30H,6-7,16-17H2,1-5H3. The zero-order valence-electron chi connectivity index (χ0n) is 21.4. The van der Waals surface area contributed by atoms with Gasteiger partial charge >= 0.3 is 0 Å². The maximum Gasteiger partial charge on any atom is 0.243 e. The largest absolute Gasteiger partial charge is 0.354 e. The lowest BCUT2D eigenvalue weighted by molar-refractivity contribution is -0.140. The van der Waals surface area contributed by atoms with Gasteiger partial charge in [-0.15, -0.1) is 0 Å². The molecule has 4 rings (SSSR count). The summed E-state index contributed by atoms with van der Waals surface area (Å²) in [6.45, 7) is 11.0. The van der Waals surface area contributed by atoms with Crippen molar-refractivity contribution in [2.45, 2.75) is 52.3 Å². The highest BCUT2D eigenvalue weighted by molar-refractivity contribution is 9.10. The summed E-state index contributed by atoms with van der Waals surface area (Å²) in [5.74, 6) is 0. The minimum atomic E-state index is -3.81. The first-order chi connectivity index (χ1) is 17.1. The summed E-state index contributed by atoms with van der Waals surface area (Å²) in [5.41, 5.74) is 6.19. The molecule has 6 nitrogen and oxygen atoms in total. The average Bonchev–Trinajstić information content (AvgIpc) is 3.22. The van der Waals surface area contributed by atoms with Gasteiger partial charge in [-0.1, -0.05) is 39.7 Å². The number of halogens is 1. The van der Waals surface area contributed by atoms with E-state index in [0.29, 0.717) is 13.2 Å². The number of sulfonamides is 1. The van der Waals surface area contributed by atoms with Crippen LogP contribution in [0, 0.1) is 20.8 Å². The summed E-state index contributed by atoms with van der Waals surface area (Å²) < 4.78 is 41.7. The Labute approximate surface area is 221 Å². The molecule has 0 atom stereocenters. The van der Waals surface area contributed by atoms with Crippen LogP contribution in [-0.2, 0) is 26.0 Å². The van der Waals surface area contributed by atoms with Crippen molar-refractivity contribution in [2.24, 2.45) is 0 Å². The average molecular weight is 574 g/mol. The van der Waals surface area contributed by atoms with Crippen molar-refractivity contribution in [2.75, 3.05) is 19.8 Å². The fourth-order valence-electron chi connectivity index (χ4n) is 4.60. The van der Waals surface area contributed by atoms with E-state index >= 15 is 0 Å². The van der Waals surface area contributed by atoms with Crippen molar-refractivity contribution >= 4 is 47.8 Å². The van der Waals surface area contributed by atoms with Gasteiger partial charge in [-0.3, -0.25) is 0 Å². The van der Waals surface area contributed by atoms with Crippen LogP contribution in [0.1, 0.15) is 36.1 Å². The Morgan fingerprint density at radius 2 is 1.64 bits per heavy atom. The summed E-state index contributed by atoms with van der Waals surface area (Å²) >= 11 is 3.59. The second kappa shape index (κ2) is 11.0. The highest BCUT2D eigenvalue weighted by Crippen LogP contribution is 2.35. The molecule has 0 aliphatic rings. The predicted octanol–water partition coefficient (Wildman–Crippen LogP) is 6.60. The fraction of sp³-hybridized carbons (Fsp3) is 0.357. The number of nitrogens with one attached hydrogen (secondary N) is 1. The number of aromatic nitrogens is 1. The Kier molecular flexibility index (Phi) is 8.22. The predicted molar refractivity (Wildman–Crippen MR) is 149 cm³/mol. The molecule has 1 aromatic heterocycles.